The Kier molecular flexibility index (Phi) is 9.66. The molecule has 14 heteroatoms. The van der Waals surface area contributed by atoms with Crippen LogP contribution in [0.1, 0.15) is 60.6 Å². The van der Waals surface area contributed by atoms with Gasteiger partial charge in [-0.2, -0.15) is 0 Å². The number of likely N-dealkylation sites (N-methyl/N-ethyl adjacent to an activating group) is 1. The second-order valence-electron chi connectivity index (χ2n) is 13.9. The van der Waals surface area contributed by atoms with Crippen LogP contribution in [0.4, 0.5) is 0 Å². The molecule has 0 amide bonds. The van der Waals surface area contributed by atoms with E-state index >= 15 is 0 Å². The van der Waals surface area contributed by atoms with Crippen LogP contribution in [0.3, 0.4) is 0 Å². The molecule has 3 aromatic rings. The average Bonchev–Trinajstić information content (AvgIpc) is 3.51. The van der Waals surface area contributed by atoms with Gasteiger partial charge in [-0.1, -0.05) is 66.7 Å². The molecule has 7 rings (SSSR count). The van der Waals surface area contributed by atoms with Gasteiger partial charge in [0.2, 0.25) is 18.3 Å². The maximum Gasteiger partial charge on any atom is 0.353 e. The van der Waals surface area contributed by atoms with E-state index in [1.54, 1.807) is 42.5 Å². The van der Waals surface area contributed by atoms with Crippen LogP contribution in [0.5, 0.6) is 11.5 Å². The molecule has 14 nitrogen and oxygen atoms in total. The summed E-state index contributed by atoms with van der Waals surface area (Å²) in [7, 11) is 3.49. The molecule has 2 heterocycles. The third kappa shape index (κ3) is 6.14. The quantitative estimate of drug-likeness (QED) is 0.203. The van der Waals surface area contributed by atoms with Crippen LogP contribution in [0.25, 0.3) is 0 Å². The number of nitrogens with zero attached hydrogens (tertiary/aromatic N) is 1. The molecule has 0 unspecified atom stereocenters. The zero-order valence-corrected chi connectivity index (χ0v) is 29.8. The number of carboxylic acid groups (broad SMARTS) is 1. The van der Waals surface area contributed by atoms with Crippen LogP contribution < -0.4 is 9.47 Å². The fourth-order valence-electron chi connectivity index (χ4n) is 8.42. The molecule has 54 heavy (non-hydrogen) atoms. The first kappa shape index (κ1) is 36.6. The van der Waals surface area contributed by atoms with Crippen molar-refractivity contribution in [3.8, 4) is 11.5 Å². The number of esters is 4. The van der Waals surface area contributed by atoms with E-state index < -0.39 is 71.7 Å². The average molecular weight is 742 g/mol. The molecule has 1 spiro atoms. The van der Waals surface area contributed by atoms with Gasteiger partial charge in [0.05, 0.1) is 24.5 Å². The van der Waals surface area contributed by atoms with Crippen LogP contribution in [0.2, 0.25) is 0 Å². The van der Waals surface area contributed by atoms with Gasteiger partial charge in [0, 0.05) is 36.1 Å². The first-order valence-electron chi connectivity index (χ1n) is 17.5. The van der Waals surface area contributed by atoms with Gasteiger partial charge in [0.1, 0.15) is 5.76 Å². The monoisotopic (exact) mass is 741 g/mol. The molecule has 3 aromatic carbocycles. The van der Waals surface area contributed by atoms with Crippen molar-refractivity contribution in [2.24, 2.45) is 0 Å². The zero-order valence-electron chi connectivity index (χ0n) is 29.8. The summed E-state index contributed by atoms with van der Waals surface area (Å²) in [5.74, 6) is -4.79. The number of aliphatic carboxylic acids is 1. The minimum Gasteiger partial charge on any atom is -0.493 e. The lowest BCUT2D eigenvalue weighted by Gasteiger charge is -2.61. The smallest absolute Gasteiger partial charge is 0.353 e. The van der Waals surface area contributed by atoms with Gasteiger partial charge in [-0.3, -0.25) is 9.59 Å². The van der Waals surface area contributed by atoms with Crippen LogP contribution in [-0.2, 0) is 54.8 Å². The van der Waals surface area contributed by atoms with E-state index in [0.717, 1.165) is 18.1 Å². The van der Waals surface area contributed by atoms with Gasteiger partial charge in [0.25, 0.3) is 0 Å². The van der Waals surface area contributed by atoms with Crippen molar-refractivity contribution < 1.29 is 62.6 Å². The fourth-order valence-corrected chi connectivity index (χ4v) is 8.42. The first-order valence-corrected chi connectivity index (χ1v) is 17.5. The first-order chi connectivity index (χ1) is 25.9. The van der Waals surface area contributed by atoms with Crippen molar-refractivity contribution in [2.45, 2.75) is 74.1 Å². The Bertz CT molecular complexity index is 2020. The topological polar surface area (TPSA) is 184 Å². The molecule has 7 atom stereocenters. The van der Waals surface area contributed by atoms with Crippen molar-refractivity contribution in [1.82, 2.24) is 4.90 Å². The van der Waals surface area contributed by atoms with Gasteiger partial charge in [0.15, 0.2) is 17.6 Å². The molecule has 0 radical (unpaired) electrons. The molecule has 1 fully saturated rings. The molecule has 282 valence electrons. The van der Waals surface area contributed by atoms with Crippen molar-refractivity contribution in [2.75, 3.05) is 20.7 Å². The van der Waals surface area contributed by atoms with Gasteiger partial charge < -0.3 is 43.5 Å². The Balaban J connectivity index is 1.12. The van der Waals surface area contributed by atoms with Gasteiger partial charge in [-0.05, 0) is 44.1 Å². The summed E-state index contributed by atoms with van der Waals surface area (Å²) in [6.07, 6.45) is -4.27. The predicted molar refractivity (Wildman–Crippen MR) is 186 cm³/mol. The Labute approximate surface area is 310 Å². The number of methoxy groups -OCH3 is 1. The van der Waals surface area contributed by atoms with Gasteiger partial charge in [-0.25, -0.2) is 14.4 Å². The fraction of sp³-hybridized carbons (Fsp3) is 0.375. The Hall–Kier alpha value is -5.73. The van der Waals surface area contributed by atoms with Crippen LogP contribution in [0.15, 0.2) is 84.6 Å². The maximum absolute atomic E-state index is 13.7. The number of piperidine rings is 1. The van der Waals surface area contributed by atoms with E-state index in [9.17, 15) is 34.2 Å². The SMILES string of the molecule is COc1ccc2c3c1O[C@H]1C(OC(=O)C[C@H](OC(C)=O)C(=O)O[C@H](C(=O)O[C@H](C(=O)O)c4ccccc4)c4ccccc4)=CC[C@@]4(O)[C@H](C2)N(C)CC[C@]314. The molecular weight excluding hydrogens is 702 g/mol. The highest BCUT2D eigenvalue weighted by Gasteiger charge is 2.72. The highest BCUT2D eigenvalue weighted by molar-refractivity contribution is 5.88. The van der Waals surface area contributed by atoms with E-state index in [2.05, 4.69) is 4.90 Å². The normalized spacial score (nSPS) is 25.0. The number of likely N-dealkylation sites (tertiary alicyclic amines) is 1. The Morgan fingerprint density at radius 1 is 0.907 bits per heavy atom. The number of carbonyl (C=O) groups is 5. The second-order valence-corrected chi connectivity index (χ2v) is 13.9. The summed E-state index contributed by atoms with van der Waals surface area (Å²) >= 11 is 0. The summed E-state index contributed by atoms with van der Waals surface area (Å²) in [4.78, 5) is 67.2. The number of aliphatic hydroxyl groups is 1. The molecule has 4 aliphatic rings. The Morgan fingerprint density at radius 3 is 2.19 bits per heavy atom. The van der Waals surface area contributed by atoms with Crippen molar-refractivity contribution in [3.05, 3.63) is 107 Å². The van der Waals surface area contributed by atoms with E-state index in [4.69, 9.17) is 28.4 Å². The van der Waals surface area contributed by atoms with E-state index in [0.29, 0.717) is 30.9 Å². The summed E-state index contributed by atoms with van der Waals surface area (Å²) in [6, 6.07) is 19.0. The maximum atomic E-state index is 13.7. The van der Waals surface area contributed by atoms with E-state index in [-0.39, 0.29) is 29.3 Å². The summed E-state index contributed by atoms with van der Waals surface area (Å²) in [6.45, 7) is 1.68. The molecule has 2 N–H and O–H groups in total. The van der Waals surface area contributed by atoms with Gasteiger partial charge >= 0.3 is 29.8 Å². The summed E-state index contributed by atoms with van der Waals surface area (Å²) in [5.41, 5.74) is -0.0799. The zero-order chi connectivity index (χ0) is 38.4. The van der Waals surface area contributed by atoms with Crippen molar-refractivity contribution in [1.29, 1.82) is 0 Å². The van der Waals surface area contributed by atoms with Crippen LogP contribution in [0, 0.1) is 0 Å². The summed E-state index contributed by atoms with van der Waals surface area (Å²) in [5, 5.41) is 22.3. The lowest BCUT2D eigenvalue weighted by Crippen LogP contribution is -2.74. The highest BCUT2D eigenvalue weighted by atomic mass is 16.6. The van der Waals surface area contributed by atoms with E-state index in [1.165, 1.54) is 31.4 Å². The standard InChI is InChI=1S/C40H39NO13/c1-22(42)50-28(37(46)54-33(24-12-8-5-9-13-24)38(47)53-32(36(44)45)23-10-6-4-7-11-23)21-30(43)51-27-16-17-40(48)29-20-25-14-15-26(49-3)34-31(25)39(40,35(27)52-34)18-19-41(29)2/h4-16,28-29,32-33,35,48H,17-21H2,1-3H3,(H,44,45)/t28-,29-,32-,33-,35-,39-,40+/m0/s1. The van der Waals surface area contributed by atoms with Crippen molar-refractivity contribution >= 4 is 29.8 Å². The minimum atomic E-state index is -1.87. The number of hydrogen-bond acceptors (Lipinski definition) is 13. The Morgan fingerprint density at radius 2 is 1.56 bits per heavy atom. The predicted octanol–water partition coefficient (Wildman–Crippen LogP) is 3.49. The lowest BCUT2D eigenvalue weighted by molar-refractivity contribution is -0.185. The molecule has 2 aliphatic heterocycles. The molecule has 1 saturated heterocycles. The van der Waals surface area contributed by atoms with Crippen molar-refractivity contribution in [3.63, 3.8) is 0 Å². The number of ether oxygens (including phenoxy) is 6. The lowest BCUT2D eigenvalue weighted by atomic mass is 9.50. The molecule has 0 aromatic heterocycles. The number of carbonyl (C=O) groups excluding carboxylic acids is 4. The van der Waals surface area contributed by atoms with Crippen LogP contribution in [-0.4, -0.2) is 89.5 Å². The van der Waals surface area contributed by atoms with E-state index in [1.807, 2.05) is 19.2 Å². The minimum absolute atomic E-state index is 0.125. The van der Waals surface area contributed by atoms with Crippen LogP contribution >= 0.6 is 0 Å². The molecule has 2 bridgehead atoms. The molecular formula is C40H39NO13. The molecule has 0 saturated carbocycles. The number of rotatable bonds is 12. The number of carboxylic acids is 1. The third-order valence-electron chi connectivity index (χ3n) is 10.8. The third-order valence-corrected chi connectivity index (χ3v) is 10.8. The second kappa shape index (κ2) is 14.3. The highest BCUT2D eigenvalue weighted by Crippen LogP contribution is 2.65. The van der Waals surface area contributed by atoms with Gasteiger partial charge in [-0.15, -0.1) is 0 Å². The number of benzene rings is 3. The molecule has 2 aliphatic carbocycles. The summed E-state index contributed by atoms with van der Waals surface area (Å²) < 4.78 is 34.1. The number of hydrogen-bond donors (Lipinski definition) is 2. The largest absolute Gasteiger partial charge is 0.493 e.